The van der Waals surface area contributed by atoms with Gasteiger partial charge in [0.2, 0.25) is 0 Å². The molecule has 0 atom stereocenters. The highest BCUT2D eigenvalue weighted by atomic mass is 16.5. The predicted octanol–water partition coefficient (Wildman–Crippen LogP) is 0.588. The van der Waals surface area contributed by atoms with Crippen LogP contribution >= 0.6 is 0 Å². The smallest absolute Gasteiger partial charge is 0.358 e. The van der Waals surface area contributed by atoms with Gasteiger partial charge in [0.15, 0.2) is 5.69 Å². The Morgan fingerprint density at radius 1 is 1.58 bits per heavy atom. The summed E-state index contributed by atoms with van der Waals surface area (Å²) >= 11 is 0. The molecule has 3 heterocycles. The van der Waals surface area contributed by atoms with Crippen molar-refractivity contribution in [3.8, 4) is 5.75 Å². The number of pyridine rings is 1. The van der Waals surface area contributed by atoms with Crippen molar-refractivity contribution in [2.24, 2.45) is 5.92 Å². The summed E-state index contributed by atoms with van der Waals surface area (Å²) in [6.45, 7) is 1.92. The zero-order valence-corrected chi connectivity index (χ0v) is 10.6. The lowest BCUT2D eigenvalue weighted by atomic mass is 9.99. The molecule has 6 heteroatoms. The molecular weight excluding hydrogens is 246 g/mol. The standard InChI is InChI=1S/C13H15N3O3/c1-19-13(18)12-10-3-2-9(17)7-16(10)11(15-12)4-8-5-14-6-8/h2-3,7-8,14,17H,4-6H2,1H3. The second-order valence-electron chi connectivity index (χ2n) is 4.74. The molecule has 3 rings (SSSR count). The van der Waals surface area contributed by atoms with E-state index in [0.29, 0.717) is 17.1 Å². The minimum absolute atomic E-state index is 0.148. The molecule has 1 saturated heterocycles. The number of methoxy groups -OCH3 is 1. The molecule has 0 aliphatic carbocycles. The highest BCUT2D eigenvalue weighted by Crippen LogP contribution is 2.21. The first kappa shape index (κ1) is 12.0. The van der Waals surface area contributed by atoms with Crippen LogP contribution in [0.2, 0.25) is 0 Å². The lowest BCUT2D eigenvalue weighted by Gasteiger charge is -2.26. The average Bonchev–Trinajstić information content (AvgIpc) is 2.71. The Labute approximate surface area is 110 Å². The SMILES string of the molecule is COC(=O)c1nc(CC2CNC2)n2cc(O)ccc12. The van der Waals surface area contributed by atoms with Crippen molar-refractivity contribution >= 4 is 11.5 Å². The molecule has 0 amide bonds. The number of imidazole rings is 1. The van der Waals surface area contributed by atoms with E-state index >= 15 is 0 Å². The number of carbonyl (C=O) groups excluding carboxylic acids is 1. The normalized spacial score (nSPS) is 15.4. The van der Waals surface area contributed by atoms with Crippen molar-refractivity contribution in [1.82, 2.24) is 14.7 Å². The Balaban J connectivity index is 2.08. The van der Waals surface area contributed by atoms with Gasteiger partial charge in [-0.1, -0.05) is 0 Å². The molecule has 19 heavy (non-hydrogen) atoms. The zero-order valence-electron chi connectivity index (χ0n) is 10.6. The number of fused-ring (bicyclic) bond motifs is 1. The molecule has 0 aromatic carbocycles. The number of esters is 1. The summed E-state index contributed by atoms with van der Waals surface area (Å²) < 4.78 is 6.51. The third-order valence-corrected chi connectivity index (χ3v) is 3.41. The summed E-state index contributed by atoms with van der Waals surface area (Å²) in [4.78, 5) is 16.1. The summed E-state index contributed by atoms with van der Waals surface area (Å²) in [6, 6.07) is 3.22. The monoisotopic (exact) mass is 261 g/mol. The maximum Gasteiger partial charge on any atom is 0.358 e. The molecular formula is C13H15N3O3. The average molecular weight is 261 g/mol. The lowest BCUT2D eigenvalue weighted by Crippen LogP contribution is -2.43. The Morgan fingerprint density at radius 2 is 2.37 bits per heavy atom. The van der Waals surface area contributed by atoms with Gasteiger partial charge >= 0.3 is 5.97 Å². The van der Waals surface area contributed by atoms with E-state index in [-0.39, 0.29) is 5.75 Å². The number of ether oxygens (including phenoxy) is 1. The van der Waals surface area contributed by atoms with Gasteiger partial charge in [-0.2, -0.15) is 0 Å². The van der Waals surface area contributed by atoms with Crippen molar-refractivity contribution in [2.45, 2.75) is 6.42 Å². The van der Waals surface area contributed by atoms with Crippen LogP contribution in [0.5, 0.6) is 5.75 Å². The van der Waals surface area contributed by atoms with Gasteiger partial charge in [0.25, 0.3) is 0 Å². The van der Waals surface area contributed by atoms with E-state index in [2.05, 4.69) is 10.3 Å². The zero-order chi connectivity index (χ0) is 13.4. The highest BCUT2D eigenvalue weighted by molar-refractivity contribution is 5.95. The minimum Gasteiger partial charge on any atom is -0.506 e. The molecule has 0 unspecified atom stereocenters. The van der Waals surface area contributed by atoms with E-state index < -0.39 is 5.97 Å². The number of nitrogens with zero attached hydrogens (tertiary/aromatic N) is 2. The molecule has 2 aromatic rings. The predicted molar refractivity (Wildman–Crippen MR) is 68.3 cm³/mol. The number of carbonyl (C=O) groups is 1. The number of aromatic nitrogens is 2. The van der Waals surface area contributed by atoms with Crippen LogP contribution in [0.15, 0.2) is 18.3 Å². The minimum atomic E-state index is -0.457. The topological polar surface area (TPSA) is 75.9 Å². The molecule has 0 radical (unpaired) electrons. The molecule has 1 fully saturated rings. The number of hydrogen-bond donors (Lipinski definition) is 2. The Morgan fingerprint density at radius 3 is 3.00 bits per heavy atom. The van der Waals surface area contributed by atoms with Crippen molar-refractivity contribution in [2.75, 3.05) is 20.2 Å². The fourth-order valence-electron chi connectivity index (χ4n) is 2.28. The largest absolute Gasteiger partial charge is 0.506 e. The van der Waals surface area contributed by atoms with Gasteiger partial charge in [-0.05, 0) is 31.1 Å². The maximum absolute atomic E-state index is 11.7. The Bertz CT molecular complexity index is 631. The quantitative estimate of drug-likeness (QED) is 0.791. The van der Waals surface area contributed by atoms with Gasteiger partial charge in [0.05, 0.1) is 18.8 Å². The number of hydrogen-bond acceptors (Lipinski definition) is 5. The van der Waals surface area contributed by atoms with E-state index in [9.17, 15) is 9.90 Å². The first-order chi connectivity index (χ1) is 9.19. The van der Waals surface area contributed by atoms with Crippen molar-refractivity contribution in [1.29, 1.82) is 0 Å². The molecule has 100 valence electrons. The number of rotatable bonds is 3. The molecule has 0 bridgehead atoms. The van der Waals surface area contributed by atoms with Crippen LogP contribution in [-0.2, 0) is 11.2 Å². The van der Waals surface area contributed by atoms with Crippen LogP contribution in [0, 0.1) is 5.92 Å². The van der Waals surface area contributed by atoms with E-state index in [4.69, 9.17) is 4.74 Å². The van der Waals surface area contributed by atoms with E-state index in [0.717, 1.165) is 25.3 Å². The second kappa shape index (κ2) is 4.55. The number of aromatic hydroxyl groups is 1. The van der Waals surface area contributed by atoms with Crippen LogP contribution in [0.3, 0.4) is 0 Å². The third-order valence-electron chi connectivity index (χ3n) is 3.41. The van der Waals surface area contributed by atoms with Gasteiger partial charge in [0.1, 0.15) is 11.6 Å². The fourth-order valence-corrected chi connectivity index (χ4v) is 2.28. The lowest BCUT2D eigenvalue weighted by molar-refractivity contribution is 0.0596. The van der Waals surface area contributed by atoms with Crippen molar-refractivity contribution < 1.29 is 14.6 Å². The van der Waals surface area contributed by atoms with Crippen LogP contribution in [0.1, 0.15) is 16.3 Å². The van der Waals surface area contributed by atoms with Crippen molar-refractivity contribution in [3.63, 3.8) is 0 Å². The molecule has 1 aliphatic heterocycles. The first-order valence-corrected chi connectivity index (χ1v) is 6.18. The first-order valence-electron chi connectivity index (χ1n) is 6.18. The van der Waals surface area contributed by atoms with E-state index in [1.807, 2.05) is 0 Å². The summed E-state index contributed by atoms with van der Waals surface area (Å²) in [5, 5.41) is 12.8. The summed E-state index contributed by atoms with van der Waals surface area (Å²) in [7, 11) is 1.34. The molecule has 6 nitrogen and oxygen atoms in total. The van der Waals surface area contributed by atoms with Gasteiger partial charge in [-0.15, -0.1) is 0 Å². The molecule has 1 aliphatic rings. The maximum atomic E-state index is 11.7. The molecule has 2 aromatic heterocycles. The Kier molecular flexibility index (Phi) is 2.87. The van der Waals surface area contributed by atoms with E-state index in [1.54, 1.807) is 16.7 Å². The summed E-state index contributed by atoms with van der Waals surface area (Å²) in [6.07, 6.45) is 2.35. The summed E-state index contributed by atoms with van der Waals surface area (Å²) in [5.74, 6) is 0.992. The van der Waals surface area contributed by atoms with Crippen LogP contribution in [0.4, 0.5) is 0 Å². The summed E-state index contributed by atoms with van der Waals surface area (Å²) in [5.41, 5.74) is 0.955. The van der Waals surface area contributed by atoms with Crippen molar-refractivity contribution in [3.05, 3.63) is 29.8 Å². The van der Waals surface area contributed by atoms with Gasteiger partial charge < -0.3 is 15.2 Å². The third kappa shape index (κ3) is 2.04. The second-order valence-corrected chi connectivity index (χ2v) is 4.74. The Hall–Kier alpha value is -2.08. The molecule has 0 spiro atoms. The fraction of sp³-hybridized carbons (Fsp3) is 0.385. The van der Waals surface area contributed by atoms with Gasteiger partial charge in [-0.3, -0.25) is 4.40 Å². The molecule has 2 N–H and O–H groups in total. The van der Waals surface area contributed by atoms with Crippen LogP contribution < -0.4 is 5.32 Å². The van der Waals surface area contributed by atoms with Crippen LogP contribution in [0.25, 0.3) is 5.52 Å². The van der Waals surface area contributed by atoms with E-state index in [1.165, 1.54) is 13.2 Å². The van der Waals surface area contributed by atoms with Crippen LogP contribution in [-0.4, -0.2) is 40.7 Å². The number of nitrogens with one attached hydrogen (secondary N) is 1. The highest BCUT2D eigenvalue weighted by Gasteiger charge is 2.23. The molecule has 0 saturated carbocycles. The van der Waals surface area contributed by atoms with Gasteiger partial charge in [0, 0.05) is 6.42 Å². The van der Waals surface area contributed by atoms with Gasteiger partial charge in [-0.25, -0.2) is 9.78 Å².